The van der Waals surface area contributed by atoms with Crippen molar-refractivity contribution in [3.63, 3.8) is 0 Å². The number of hydrogen-bond acceptors (Lipinski definition) is 3. The van der Waals surface area contributed by atoms with Gasteiger partial charge in [0.2, 0.25) is 6.67 Å². The normalized spacial score (nSPS) is 18.7. The highest BCUT2D eigenvalue weighted by molar-refractivity contribution is 6.34. The average molecular weight is 130 g/mol. The molecule has 0 bridgehead atoms. The number of nitrogens with zero attached hydrogens (tertiary/aromatic N) is 1. The molecule has 0 unspecified atom stereocenters. The van der Waals surface area contributed by atoms with Gasteiger partial charge in [-0.1, -0.05) is 0 Å². The van der Waals surface area contributed by atoms with Gasteiger partial charge in [-0.3, -0.25) is 5.32 Å². The first-order valence-corrected chi connectivity index (χ1v) is 2.46. The van der Waals surface area contributed by atoms with Gasteiger partial charge in [0.25, 0.3) is 5.71 Å². The Balaban J connectivity index is 2.78. The zero-order valence-electron chi connectivity index (χ0n) is 4.63. The third-order valence-corrected chi connectivity index (χ3v) is 1.10. The van der Waals surface area contributed by atoms with E-state index in [0.717, 1.165) is 0 Å². The van der Waals surface area contributed by atoms with E-state index in [9.17, 15) is 10.0 Å². The Morgan fingerprint density at radius 1 is 1.89 bits per heavy atom. The van der Waals surface area contributed by atoms with Crippen LogP contribution in [-0.2, 0) is 4.79 Å². The van der Waals surface area contributed by atoms with Crippen LogP contribution in [0, 0.1) is 5.21 Å². The molecule has 0 amide bonds. The molecule has 1 heterocycles. The zero-order valence-corrected chi connectivity index (χ0v) is 4.63. The number of carboxylic acid groups (broad SMARTS) is 1. The molecule has 0 aliphatic carbocycles. The molecule has 9 heavy (non-hydrogen) atoms. The van der Waals surface area contributed by atoms with Gasteiger partial charge in [0, 0.05) is 0 Å². The van der Waals surface area contributed by atoms with Crippen LogP contribution in [0.3, 0.4) is 0 Å². The fraction of sp³-hybridized carbons (Fsp3) is 0.500. The SMILES string of the molecule is O=C(O)C1=[N+]([O-])CNC1. The molecule has 0 aromatic rings. The lowest BCUT2D eigenvalue weighted by atomic mass is 10.4. The highest BCUT2D eigenvalue weighted by Crippen LogP contribution is 1.84. The second-order valence-corrected chi connectivity index (χ2v) is 1.72. The smallest absolute Gasteiger partial charge is 0.398 e. The van der Waals surface area contributed by atoms with Gasteiger partial charge in [0.05, 0.1) is 6.54 Å². The van der Waals surface area contributed by atoms with Crippen LogP contribution < -0.4 is 5.32 Å². The molecule has 0 fully saturated rings. The first-order valence-electron chi connectivity index (χ1n) is 2.46. The lowest BCUT2D eigenvalue weighted by Gasteiger charge is -1.94. The second kappa shape index (κ2) is 2.02. The highest BCUT2D eigenvalue weighted by Gasteiger charge is 2.23. The molecule has 0 spiro atoms. The quantitative estimate of drug-likeness (QED) is 0.337. The van der Waals surface area contributed by atoms with Crippen molar-refractivity contribution < 1.29 is 14.6 Å². The predicted octanol–water partition coefficient (Wildman–Crippen LogP) is -1.42. The number of carbonyl (C=O) groups is 1. The van der Waals surface area contributed by atoms with Crippen LogP contribution in [0.2, 0.25) is 0 Å². The minimum atomic E-state index is -1.14. The maximum Gasteiger partial charge on any atom is 0.398 e. The van der Waals surface area contributed by atoms with Crippen LogP contribution in [0.15, 0.2) is 0 Å². The van der Waals surface area contributed by atoms with E-state index >= 15 is 0 Å². The number of carboxylic acids is 1. The van der Waals surface area contributed by atoms with Gasteiger partial charge in [-0.15, -0.1) is 0 Å². The van der Waals surface area contributed by atoms with E-state index in [2.05, 4.69) is 5.32 Å². The molecule has 0 atom stereocenters. The molecule has 1 aliphatic rings. The van der Waals surface area contributed by atoms with Crippen molar-refractivity contribution >= 4 is 11.7 Å². The Kier molecular flexibility index (Phi) is 1.35. The Labute approximate surface area is 51.2 Å². The van der Waals surface area contributed by atoms with Crippen LogP contribution in [0.4, 0.5) is 0 Å². The minimum Gasteiger partial charge on any atom is -0.622 e. The molecule has 5 heteroatoms. The van der Waals surface area contributed by atoms with Crippen LogP contribution in [-0.4, -0.2) is 34.7 Å². The first-order chi connectivity index (χ1) is 4.22. The first kappa shape index (κ1) is 6.03. The van der Waals surface area contributed by atoms with E-state index in [4.69, 9.17) is 5.11 Å². The van der Waals surface area contributed by atoms with E-state index in [1.807, 2.05) is 0 Å². The molecule has 0 saturated heterocycles. The van der Waals surface area contributed by atoms with Crippen molar-refractivity contribution in [1.82, 2.24) is 5.32 Å². The number of aliphatic carboxylic acids is 1. The van der Waals surface area contributed by atoms with Gasteiger partial charge in [-0.05, 0) is 0 Å². The summed E-state index contributed by atoms with van der Waals surface area (Å²) in [5.74, 6) is -1.14. The van der Waals surface area contributed by atoms with Gasteiger partial charge in [0.15, 0.2) is 0 Å². The topological polar surface area (TPSA) is 75.4 Å². The lowest BCUT2D eigenvalue weighted by molar-refractivity contribution is -0.452. The molecule has 1 rings (SSSR count). The van der Waals surface area contributed by atoms with E-state index in [1.54, 1.807) is 0 Å². The fourth-order valence-corrected chi connectivity index (χ4v) is 0.642. The number of hydrogen-bond donors (Lipinski definition) is 2. The molecule has 1 aliphatic heterocycles. The summed E-state index contributed by atoms with van der Waals surface area (Å²) >= 11 is 0. The molecule has 0 aromatic heterocycles. The predicted molar refractivity (Wildman–Crippen MR) is 29.1 cm³/mol. The van der Waals surface area contributed by atoms with Crippen molar-refractivity contribution in [2.75, 3.05) is 13.2 Å². The van der Waals surface area contributed by atoms with Crippen LogP contribution in [0.25, 0.3) is 0 Å². The molecule has 50 valence electrons. The van der Waals surface area contributed by atoms with Crippen LogP contribution in [0.5, 0.6) is 0 Å². The number of nitrogens with one attached hydrogen (secondary N) is 1. The van der Waals surface area contributed by atoms with Crippen LogP contribution in [0.1, 0.15) is 0 Å². The summed E-state index contributed by atoms with van der Waals surface area (Å²) in [7, 11) is 0. The van der Waals surface area contributed by atoms with E-state index in [0.29, 0.717) is 4.74 Å². The van der Waals surface area contributed by atoms with Crippen molar-refractivity contribution in [3.05, 3.63) is 5.21 Å². The molecule has 5 nitrogen and oxygen atoms in total. The van der Waals surface area contributed by atoms with Crippen molar-refractivity contribution in [1.29, 1.82) is 0 Å². The maximum absolute atomic E-state index is 10.5. The van der Waals surface area contributed by atoms with Gasteiger partial charge < -0.3 is 10.3 Å². The third kappa shape index (κ3) is 0.996. The molecular formula is C4H6N2O3. The van der Waals surface area contributed by atoms with Gasteiger partial charge in [-0.25, -0.2) is 4.79 Å². The highest BCUT2D eigenvalue weighted by atomic mass is 16.5. The van der Waals surface area contributed by atoms with Gasteiger partial charge in [0.1, 0.15) is 0 Å². The third-order valence-electron chi connectivity index (χ3n) is 1.10. The summed E-state index contributed by atoms with van der Waals surface area (Å²) in [6.07, 6.45) is 0. The maximum atomic E-state index is 10.5. The van der Waals surface area contributed by atoms with E-state index < -0.39 is 5.97 Å². The van der Waals surface area contributed by atoms with Gasteiger partial charge >= 0.3 is 5.97 Å². The Morgan fingerprint density at radius 3 is 2.78 bits per heavy atom. The summed E-state index contributed by atoms with van der Waals surface area (Å²) in [5, 5.41) is 21.3. The van der Waals surface area contributed by atoms with Crippen molar-refractivity contribution in [3.8, 4) is 0 Å². The summed E-state index contributed by atoms with van der Waals surface area (Å²) < 4.78 is 0.433. The molecule has 0 radical (unpaired) electrons. The Bertz CT molecular complexity index is 175. The second-order valence-electron chi connectivity index (χ2n) is 1.72. The molecular weight excluding hydrogens is 124 g/mol. The zero-order chi connectivity index (χ0) is 6.85. The van der Waals surface area contributed by atoms with E-state index in [1.165, 1.54) is 0 Å². The Hall–Kier alpha value is -1.10. The Morgan fingerprint density at radius 2 is 2.56 bits per heavy atom. The number of rotatable bonds is 1. The molecule has 0 saturated carbocycles. The van der Waals surface area contributed by atoms with Crippen molar-refractivity contribution in [2.24, 2.45) is 0 Å². The summed E-state index contributed by atoms with van der Waals surface area (Å²) in [6, 6.07) is 0. The number of hydroxylamine groups is 1. The summed E-state index contributed by atoms with van der Waals surface area (Å²) in [4.78, 5) is 10.1. The van der Waals surface area contributed by atoms with E-state index in [-0.39, 0.29) is 18.9 Å². The van der Waals surface area contributed by atoms with Crippen LogP contribution >= 0.6 is 0 Å². The fourth-order valence-electron chi connectivity index (χ4n) is 0.642. The summed E-state index contributed by atoms with van der Waals surface area (Å²) in [5.41, 5.74) is -0.116. The largest absolute Gasteiger partial charge is 0.622 e. The van der Waals surface area contributed by atoms with Gasteiger partial charge in [-0.2, -0.15) is 4.74 Å². The average Bonchev–Trinajstić information content (AvgIpc) is 2.13. The molecule has 0 aromatic carbocycles. The standard InChI is InChI=1S/C4H6N2O3/c7-4(8)3-1-5-2-6(3)9/h5H,1-2H2,(H,7,8). The monoisotopic (exact) mass is 130 g/mol. The van der Waals surface area contributed by atoms with Crippen molar-refractivity contribution in [2.45, 2.75) is 0 Å². The lowest BCUT2D eigenvalue weighted by Crippen LogP contribution is -2.22. The molecule has 2 N–H and O–H groups in total. The summed E-state index contributed by atoms with van der Waals surface area (Å²) in [6.45, 7) is 0.250. The minimum absolute atomic E-state index is 0.0850.